The third kappa shape index (κ3) is 13.2. The Morgan fingerprint density at radius 2 is 1.57 bits per heavy atom. The van der Waals surface area contributed by atoms with Gasteiger partial charge in [0.25, 0.3) is 0 Å². The van der Waals surface area contributed by atoms with Gasteiger partial charge >= 0.3 is 6.09 Å². The molecule has 0 aliphatic carbocycles. The van der Waals surface area contributed by atoms with Gasteiger partial charge in [-0.15, -0.1) is 0 Å². The van der Waals surface area contributed by atoms with Gasteiger partial charge in [0.05, 0.1) is 37.5 Å². The molecule has 1 amide bonds. The summed E-state index contributed by atoms with van der Waals surface area (Å²) < 4.78 is 4.99. The Bertz CT molecular complexity index is 301. The molecule has 0 aromatic carbocycles. The van der Waals surface area contributed by atoms with E-state index in [1.54, 1.807) is 27.7 Å². The van der Waals surface area contributed by atoms with Crippen LogP contribution in [0.15, 0.2) is 0 Å². The summed E-state index contributed by atoms with van der Waals surface area (Å²) in [4.78, 5) is 11.3. The molecule has 23 heavy (non-hydrogen) atoms. The number of rotatable bonds is 7. The standard InChI is InChI=1S/C10H21NO4.C5H13NO2/c1-5-8(13)7(6-12)11-9(14)15-10(2,3)4;1-2-5(8)4(6)3-7/h7-8,12-13H,5-6H2,1-4H3,(H,11,14);4-5,7-8H,2-3,6H2,1H3/t7-,8-;4-,5-/m11/s1. The molecule has 0 aliphatic rings. The molecule has 0 bridgehead atoms. The first kappa shape index (κ1) is 24.3. The fraction of sp³-hybridized carbons (Fsp3) is 0.933. The largest absolute Gasteiger partial charge is 0.444 e. The van der Waals surface area contributed by atoms with E-state index in [1.807, 2.05) is 6.92 Å². The summed E-state index contributed by atoms with van der Waals surface area (Å²) in [7, 11) is 0. The van der Waals surface area contributed by atoms with Gasteiger partial charge in [-0.05, 0) is 33.6 Å². The lowest BCUT2D eigenvalue weighted by molar-refractivity contribution is 0.0346. The van der Waals surface area contributed by atoms with Crippen LogP contribution in [0.2, 0.25) is 0 Å². The lowest BCUT2D eigenvalue weighted by Gasteiger charge is -2.24. The van der Waals surface area contributed by atoms with Gasteiger partial charge in [-0.1, -0.05) is 13.8 Å². The monoisotopic (exact) mass is 338 g/mol. The van der Waals surface area contributed by atoms with Crippen molar-refractivity contribution in [3.63, 3.8) is 0 Å². The first-order valence-corrected chi connectivity index (χ1v) is 7.85. The summed E-state index contributed by atoms with van der Waals surface area (Å²) >= 11 is 0. The Kier molecular flexibility index (Phi) is 13.2. The average molecular weight is 338 g/mol. The molecule has 0 saturated carbocycles. The maximum absolute atomic E-state index is 11.3. The fourth-order valence-corrected chi connectivity index (χ4v) is 1.43. The predicted molar refractivity (Wildman–Crippen MR) is 87.9 cm³/mol. The van der Waals surface area contributed by atoms with Crippen LogP contribution in [0.5, 0.6) is 0 Å². The molecule has 4 atom stereocenters. The summed E-state index contributed by atoms with van der Waals surface area (Å²) in [5.74, 6) is 0. The first-order chi connectivity index (χ1) is 10.5. The number of nitrogens with one attached hydrogen (secondary N) is 1. The van der Waals surface area contributed by atoms with Crippen LogP contribution in [0.1, 0.15) is 47.5 Å². The summed E-state index contributed by atoms with van der Waals surface area (Å²) in [6.07, 6.45) is -0.889. The molecule has 0 aliphatic heterocycles. The van der Waals surface area contributed by atoms with Crippen molar-refractivity contribution in [2.45, 2.75) is 77.4 Å². The van der Waals surface area contributed by atoms with Crippen molar-refractivity contribution in [3.8, 4) is 0 Å². The highest BCUT2D eigenvalue weighted by Gasteiger charge is 2.22. The highest BCUT2D eigenvalue weighted by Crippen LogP contribution is 2.07. The Hall–Kier alpha value is -0.930. The number of hydrogen-bond donors (Lipinski definition) is 6. The van der Waals surface area contributed by atoms with Crippen molar-refractivity contribution in [2.24, 2.45) is 5.73 Å². The van der Waals surface area contributed by atoms with Crippen molar-refractivity contribution in [1.29, 1.82) is 0 Å². The highest BCUT2D eigenvalue weighted by atomic mass is 16.6. The molecule has 8 nitrogen and oxygen atoms in total. The second-order valence-corrected chi connectivity index (χ2v) is 6.23. The van der Waals surface area contributed by atoms with Gasteiger partial charge in [-0.2, -0.15) is 0 Å². The van der Waals surface area contributed by atoms with Crippen molar-refractivity contribution < 1.29 is 30.0 Å². The molecule has 0 heterocycles. The molecule has 0 aromatic heterocycles. The molecule has 0 unspecified atom stereocenters. The Morgan fingerprint density at radius 3 is 1.83 bits per heavy atom. The molecular formula is C15H34N2O6. The van der Waals surface area contributed by atoms with Crippen LogP contribution in [0.3, 0.4) is 0 Å². The zero-order valence-corrected chi connectivity index (χ0v) is 14.8. The number of aliphatic hydroxyl groups is 4. The summed E-state index contributed by atoms with van der Waals surface area (Å²) in [5, 5.41) is 38.0. The molecule has 140 valence electrons. The van der Waals surface area contributed by atoms with Crippen LogP contribution in [0.25, 0.3) is 0 Å². The van der Waals surface area contributed by atoms with Gasteiger partial charge in [-0.3, -0.25) is 0 Å². The SMILES string of the molecule is CC[C@@H](O)[C@@H](CO)NC(=O)OC(C)(C)C.CC[C@@H](O)[C@H](N)CO. The van der Waals surface area contributed by atoms with Gasteiger partial charge < -0.3 is 36.2 Å². The van der Waals surface area contributed by atoms with E-state index in [-0.39, 0.29) is 13.2 Å². The molecule has 8 heteroatoms. The number of aliphatic hydroxyl groups excluding tert-OH is 4. The summed E-state index contributed by atoms with van der Waals surface area (Å²) in [6.45, 7) is 8.37. The van der Waals surface area contributed by atoms with Crippen molar-refractivity contribution in [2.75, 3.05) is 13.2 Å². The highest BCUT2D eigenvalue weighted by molar-refractivity contribution is 5.68. The zero-order valence-electron chi connectivity index (χ0n) is 14.8. The van der Waals surface area contributed by atoms with Crippen LogP contribution in [-0.2, 0) is 4.74 Å². The lowest BCUT2D eigenvalue weighted by Crippen LogP contribution is -2.47. The average Bonchev–Trinajstić information content (AvgIpc) is 2.48. The Labute approximate surface area is 138 Å². The summed E-state index contributed by atoms with van der Waals surface area (Å²) in [6, 6.07) is -1.15. The van der Waals surface area contributed by atoms with E-state index in [2.05, 4.69) is 5.32 Å². The molecule has 0 saturated heterocycles. The zero-order chi connectivity index (χ0) is 18.6. The van der Waals surface area contributed by atoms with Crippen LogP contribution in [0.4, 0.5) is 4.79 Å². The van der Waals surface area contributed by atoms with Gasteiger partial charge in [0.2, 0.25) is 0 Å². The van der Waals surface area contributed by atoms with Crippen molar-refractivity contribution in [1.82, 2.24) is 5.32 Å². The smallest absolute Gasteiger partial charge is 0.408 e. The lowest BCUT2D eigenvalue weighted by atomic mass is 10.1. The van der Waals surface area contributed by atoms with Crippen LogP contribution in [-0.4, -0.2) is 69.6 Å². The molecule has 0 rings (SSSR count). The van der Waals surface area contributed by atoms with Gasteiger partial charge in [0.1, 0.15) is 5.60 Å². The van der Waals surface area contributed by atoms with Gasteiger partial charge in [0.15, 0.2) is 0 Å². The minimum atomic E-state index is -0.762. The van der Waals surface area contributed by atoms with Crippen molar-refractivity contribution in [3.05, 3.63) is 0 Å². The fourth-order valence-electron chi connectivity index (χ4n) is 1.43. The van der Waals surface area contributed by atoms with E-state index < -0.39 is 36.0 Å². The maximum Gasteiger partial charge on any atom is 0.408 e. The Balaban J connectivity index is 0. The quantitative estimate of drug-likeness (QED) is 0.374. The van der Waals surface area contributed by atoms with Crippen LogP contribution < -0.4 is 11.1 Å². The van der Waals surface area contributed by atoms with E-state index in [1.165, 1.54) is 0 Å². The number of hydrogen-bond acceptors (Lipinski definition) is 7. The number of carbonyl (C=O) groups excluding carboxylic acids is 1. The second kappa shape index (κ2) is 12.5. The number of ether oxygens (including phenoxy) is 1. The minimum absolute atomic E-state index is 0.144. The topological polar surface area (TPSA) is 145 Å². The minimum Gasteiger partial charge on any atom is -0.444 e. The molecule has 0 radical (unpaired) electrons. The second-order valence-electron chi connectivity index (χ2n) is 6.23. The van der Waals surface area contributed by atoms with E-state index in [0.29, 0.717) is 12.8 Å². The van der Waals surface area contributed by atoms with Gasteiger partial charge in [-0.25, -0.2) is 4.79 Å². The van der Waals surface area contributed by atoms with Gasteiger partial charge in [0, 0.05) is 0 Å². The summed E-state index contributed by atoms with van der Waals surface area (Å²) in [5.41, 5.74) is 4.64. The maximum atomic E-state index is 11.3. The predicted octanol–water partition coefficient (Wildman–Crippen LogP) is -0.280. The normalized spacial score (nSPS) is 16.4. The van der Waals surface area contributed by atoms with Crippen LogP contribution >= 0.6 is 0 Å². The third-order valence-corrected chi connectivity index (χ3v) is 2.90. The van der Waals surface area contributed by atoms with Crippen molar-refractivity contribution >= 4 is 6.09 Å². The number of alkyl carbamates (subject to hydrolysis) is 1. The van der Waals surface area contributed by atoms with E-state index in [4.69, 9.17) is 25.8 Å². The number of amides is 1. The number of nitrogens with two attached hydrogens (primary N) is 1. The van der Waals surface area contributed by atoms with E-state index >= 15 is 0 Å². The molecule has 7 N–H and O–H groups in total. The van der Waals surface area contributed by atoms with Crippen LogP contribution in [0, 0.1) is 0 Å². The third-order valence-electron chi connectivity index (χ3n) is 2.90. The first-order valence-electron chi connectivity index (χ1n) is 7.85. The molecular weight excluding hydrogens is 304 g/mol. The number of carbonyl (C=O) groups is 1. The molecule has 0 aromatic rings. The van der Waals surface area contributed by atoms with E-state index in [9.17, 15) is 9.90 Å². The molecule has 0 spiro atoms. The Morgan fingerprint density at radius 1 is 1.09 bits per heavy atom. The van der Waals surface area contributed by atoms with E-state index in [0.717, 1.165) is 0 Å². The molecule has 0 fully saturated rings.